The highest BCUT2D eigenvalue weighted by Gasteiger charge is 2.32. The van der Waals surface area contributed by atoms with Crippen LogP contribution in [0.4, 0.5) is 10.6 Å². The standard InChI is InChI=1S/C25H34ClN5O3/c1-24(2,3)34-23(33)30-8-6-7-16(14-30)9-22(32)29-21-10-17(19(26)13-27-21)18-12-28-31-15-25(4,5)11-20(18)31/h10,12-13,16H,6-9,11,14-15H2,1-5H3,(H,27,29,32)/t16-/m1/s1. The molecule has 9 heteroatoms. The first-order valence-electron chi connectivity index (χ1n) is 11.9. The SMILES string of the molecule is CC1(C)Cc2c(-c3cc(NC(=O)C[C@H]4CCCN(C(=O)OC(C)(C)C)C4)ncc3Cl)cnn2C1. The van der Waals surface area contributed by atoms with Crippen LogP contribution in [0.25, 0.3) is 11.1 Å². The zero-order chi connectivity index (χ0) is 24.7. The number of piperidine rings is 1. The largest absolute Gasteiger partial charge is 0.444 e. The first-order chi connectivity index (χ1) is 15.9. The quantitative estimate of drug-likeness (QED) is 0.643. The summed E-state index contributed by atoms with van der Waals surface area (Å²) in [7, 11) is 0. The summed E-state index contributed by atoms with van der Waals surface area (Å²) in [5.41, 5.74) is 2.57. The van der Waals surface area contributed by atoms with E-state index < -0.39 is 5.60 Å². The number of carbonyl (C=O) groups is 2. The number of rotatable bonds is 4. The maximum atomic E-state index is 12.8. The number of fused-ring (bicyclic) bond motifs is 1. The molecule has 2 aromatic heterocycles. The fourth-order valence-electron chi connectivity index (χ4n) is 4.77. The van der Waals surface area contributed by atoms with Crippen molar-refractivity contribution < 1.29 is 14.3 Å². The Bertz CT molecular complexity index is 1090. The highest BCUT2D eigenvalue weighted by atomic mass is 35.5. The number of amides is 2. The lowest BCUT2D eigenvalue weighted by Gasteiger charge is -2.33. The summed E-state index contributed by atoms with van der Waals surface area (Å²) in [6, 6.07) is 1.82. The number of anilines is 1. The van der Waals surface area contributed by atoms with Crippen molar-refractivity contribution in [1.29, 1.82) is 0 Å². The Kier molecular flexibility index (Phi) is 6.64. The van der Waals surface area contributed by atoms with Gasteiger partial charge in [-0.2, -0.15) is 5.10 Å². The van der Waals surface area contributed by atoms with Gasteiger partial charge in [-0.3, -0.25) is 9.48 Å². The van der Waals surface area contributed by atoms with Crippen molar-refractivity contribution in [3.8, 4) is 11.1 Å². The number of halogens is 1. The van der Waals surface area contributed by atoms with Gasteiger partial charge >= 0.3 is 6.09 Å². The molecule has 34 heavy (non-hydrogen) atoms. The number of pyridine rings is 1. The van der Waals surface area contributed by atoms with Crippen molar-refractivity contribution in [3.05, 3.63) is 29.2 Å². The molecule has 1 saturated heterocycles. The van der Waals surface area contributed by atoms with Gasteiger partial charge < -0.3 is 15.0 Å². The predicted molar refractivity (Wildman–Crippen MR) is 132 cm³/mol. The summed E-state index contributed by atoms with van der Waals surface area (Å²) in [5.74, 6) is 0.411. The Morgan fingerprint density at radius 1 is 1.26 bits per heavy atom. The van der Waals surface area contributed by atoms with Crippen molar-refractivity contribution in [3.63, 3.8) is 0 Å². The molecule has 1 N–H and O–H groups in total. The van der Waals surface area contributed by atoms with E-state index in [2.05, 4.69) is 29.2 Å². The number of hydrogen-bond acceptors (Lipinski definition) is 5. The minimum absolute atomic E-state index is 0.0780. The molecular weight excluding hydrogens is 454 g/mol. The minimum atomic E-state index is -0.537. The van der Waals surface area contributed by atoms with Gasteiger partial charge in [0.25, 0.3) is 0 Å². The van der Waals surface area contributed by atoms with E-state index in [9.17, 15) is 9.59 Å². The van der Waals surface area contributed by atoms with Gasteiger partial charge in [-0.15, -0.1) is 0 Å². The highest BCUT2D eigenvalue weighted by molar-refractivity contribution is 6.33. The lowest BCUT2D eigenvalue weighted by atomic mass is 9.89. The van der Waals surface area contributed by atoms with Gasteiger partial charge in [-0.1, -0.05) is 25.4 Å². The molecule has 4 heterocycles. The monoisotopic (exact) mass is 487 g/mol. The van der Waals surface area contributed by atoms with Crippen LogP contribution < -0.4 is 5.32 Å². The normalized spacial score (nSPS) is 19.6. The highest BCUT2D eigenvalue weighted by Crippen LogP contribution is 2.39. The number of aromatic nitrogens is 3. The molecule has 0 bridgehead atoms. The molecule has 0 saturated carbocycles. The molecular formula is C25H34ClN5O3. The van der Waals surface area contributed by atoms with Crippen LogP contribution in [0.3, 0.4) is 0 Å². The second-order valence-electron chi connectivity index (χ2n) is 11.2. The van der Waals surface area contributed by atoms with Crippen LogP contribution in [0.15, 0.2) is 18.5 Å². The van der Waals surface area contributed by atoms with Crippen molar-refractivity contribution in [1.82, 2.24) is 19.7 Å². The average Bonchev–Trinajstić information content (AvgIpc) is 3.23. The third kappa shape index (κ3) is 5.71. The number of likely N-dealkylation sites (tertiary alicyclic amines) is 1. The lowest BCUT2D eigenvalue weighted by Crippen LogP contribution is -2.43. The number of nitrogens with one attached hydrogen (secondary N) is 1. The zero-order valence-electron chi connectivity index (χ0n) is 20.7. The van der Waals surface area contributed by atoms with Crippen LogP contribution in [0.5, 0.6) is 0 Å². The fourth-order valence-corrected chi connectivity index (χ4v) is 4.97. The van der Waals surface area contributed by atoms with Gasteiger partial charge in [0.15, 0.2) is 0 Å². The van der Waals surface area contributed by atoms with E-state index in [4.69, 9.17) is 16.3 Å². The first kappa shape index (κ1) is 24.5. The molecule has 2 aromatic rings. The maximum Gasteiger partial charge on any atom is 0.410 e. The summed E-state index contributed by atoms with van der Waals surface area (Å²) in [4.78, 5) is 31.2. The van der Waals surface area contributed by atoms with Gasteiger partial charge in [0.05, 0.1) is 11.2 Å². The van der Waals surface area contributed by atoms with Gasteiger partial charge in [-0.25, -0.2) is 9.78 Å². The van der Waals surface area contributed by atoms with Crippen LogP contribution in [0.1, 0.15) is 59.6 Å². The Hall–Kier alpha value is -2.61. The molecule has 2 amide bonds. The van der Waals surface area contributed by atoms with Crippen molar-refractivity contribution in [2.45, 2.75) is 72.4 Å². The minimum Gasteiger partial charge on any atom is -0.444 e. The van der Waals surface area contributed by atoms with Crippen LogP contribution in [0.2, 0.25) is 5.02 Å². The zero-order valence-corrected chi connectivity index (χ0v) is 21.4. The van der Waals surface area contributed by atoms with Crippen LogP contribution >= 0.6 is 11.6 Å². The van der Waals surface area contributed by atoms with E-state index in [1.54, 1.807) is 11.1 Å². The third-order valence-corrected chi connectivity index (χ3v) is 6.53. The fraction of sp³-hybridized carbons (Fsp3) is 0.600. The molecule has 0 radical (unpaired) electrons. The number of nitrogens with zero attached hydrogens (tertiary/aromatic N) is 4. The van der Waals surface area contributed by atoms with Crippen molar-refractivity contribution in [2.24, 2.45) is 11.3 Å². The predicted octanol–water partition coefficient (Wildman–Crippen LogP) is 5.16. The molecule has 8 nitrogen and oxygen atoms in total. The van der Waals surface area contributed by atoms with E-state index in [0.29, 0.717) is 30.4 Å². The van der Waals surface area contributed by atoms with E-state index in [1.807, 2.05) is 37.7 Å². The Balaban J connectivity index is 1.40. The van der Waals surface area contributed by atoms with E-state index in [1.165, 1.54) is 0 Å². The van der Waals surface area contributed by atoms with Crippen LogP contribution in [0, 0.1) is 11.3 Å². The van der Waals surface area contributed by atoms with Crippen molar-refractivity contribution >= 4 is 29.4 Å². The van der Waals surface area contributed by atoms with Gasteiger partial charge in [0.2, 0.25) is 5.91 Å². The summed E-state index contributed by atoms with van der Waals surface area (Å²) >= 11 is 6.48. The number of ether oxygens (including phenoxy) is 1. The van der Waals surface area contributed by atoms with Gasteiger partial charge in [0, 0.05) is 49.1 Å². The smallest absolute Gasteiger partial charge is 0.410 e. The second kappa shape index (κ2) is 9.21. The summed E-state index contributed by atoms with van der Waals surface area (Å²) in [6.07, 6.45) is 6.06. The molecule has 0 unspecified atom stereocenters. The Labute approximate surface area is 206 Å². The van der Waals surface area contributed by atoms with Crippen molar-refractivity contribution in [2.75, 3.05) is 18.4 Å². The van der Waals surface area contributed by atoms with Crippen LogP contribution in [-0.2, 0) is 22.5 Å². The second-order valence-corrected chi connectivity index (χ2v) is 11.6. The summed E-state index contributed by atoms with van der Waals surface area (Å²) in [5, 5.41) is 7.97. The molecule has 184 valence electrons. The molecule has 2 aliphatic heterocycles. The Morgan fingerprint density at radius 3 is 2.76 bits per heavy atom. The summed E-state index contributed by atoms with van der Waals surface area (Å²) < 4.78 is 7.52. The molecule has 0 spiro atoms. The maximum absolute atomic E-state index is 12.8. The van der Waals surface area contributed by atoms with Gasteiger partial charge in [0.1, 0.15) is 11.4 Å². The lowest BCUT2D eigenvalue weighted by molar-refractivity contribution is -0.117. The van der Waals surface area contributed by atoms with E-state index >= 15 is 0 Å². The average molecular weight is 488 g/mol. The molecule has 2 aliphatic rings. The summed E-state index contributed by atoms with van der Waals surface area (Å²) in [6.45, 7) is 12.0. The Morgan fingerprint density at radius 2 is 2.03 bits per heavy atom. The topological polar surface area (TPSA) is 89.3 Å². The molecule has 4 rings (SSSR count). The van der Waals surface area contributed by atoms with Crippen LogP contribution in [-0.4, -0.2) is 50.4 Å². The first-order valence-corrected chi connectivity index (χ1v) is 12.3. The molecule has 1 fully saturated rings. The van der Waals surface area contributed by atoms with E-state index in [0.717, 1.165) is 42.6 Å². The number of hydrogen-bond donors (Lipinski definition) is 1. The molecule has 1 atom stereocenters. The molecule has 0 aliphatic carbocycles. The van der Waals surface area contributed by atoms with E-state index in [-0.39, 0.29) is 23.3 Å². The third-order valence-electron chi connectivity index (χ3n) is 6.23. The number of carbonyl (C=O) groups excluding carboxylic acids is 2. The van der Waals surface area contributed by atoms with Gasteiger partial charge in [-0.05, 0) is 57.4 Å². The molecule has 0 aromatic carbocycles.